The normalized spacial score (nSPS) is 19.0. The summed E-state index contributed by atoms with van der Waals surface area (Å²) in [7, 11) is 0. The summed E-state index contributed by atoms with van der Waals surface area (Å²) in [6.07, 6.45) is -2.40. The Morgan fingerprint density at radius 1 is 1.20 bits per heavy atom. The summed E-state index contributed by atoms with van der Waals surface area (Å²) in [4.78, 5) is 0. The highest BCUT2D eigenvalue weighted by Gasteiger charge is 2.35. The minimum absolute atomic E-state index is 0.114. The average molecular weight is 214 g/mol. The van der Waals surface area contributed by atoms with Gasteiger partial charge >= 0.3 is 6.18 Å². The third-order valence-corrected chi connectivity index (χ3v) is 3.19. The summed E-state index contributed by atoms with van der Waals surface area (Å²) in [5, 5.41) is 0. The van der Waals surface area contributed by atoms with Crippen LogP contribution in [0.2, 0.25) is 0 Å². The Balaban J connectivity index is 2.51. The quantitative estimate of drug-likeness (QED) is 0.613. The summed E-state index contributed by atoms with van der Waals surface area (Å²) >= 11 is 0. The lowest BCUT2D eigenvalue weighted by Crippen LogP contribution is -2.14. The predicted molar refractivity (Wildman–Crippen MR) is 52.8 cm³/mol. The molecule has 0 aromatic heterocycles. The van der Waals surface area contributed by atoms with Crippen LogP contribution in [0.4, 0.5) is 13.2 Å². The van der Waals surface area contributed by atoms with Crippen molar-refractivity contribution in [2.24, 2.45) is 0 Å². The van der Waals surface area contributed by atoms with Gasteiger partial charge in [-0.05, 0) is 41.5 Å². The van der Waals surface area contributed by atoms with Crippen LogP contribution in [0.15, 0.2) is 18.2 Å². The summed E-state index contributed by atoms with van der Waals surface area (Å²) in [5.74, 6) is 0. The molecule has 0 N–H and O–H groups in total. The second kappa shape index (κ2) is 3.00. The highest BCUT2D eigenvalue weighted by molar-refractivity contribution is 5.41. The monoisotopic (exact) mass is 214 g/mol. The Morgan fingerprint density at radius 2 is 1.87 bits per heavy atom. The molecule has 0 aliphatic heterocycles. The lowest BCUT2D eigenvalue weighted by atomic mass is 9.86. The SMILES string of the molecule is CC1(C)CCc2ccc(C(F)(F)F)cc21. The van der Waals surface area contributed by atoms with E-state index in [1.807, 2.05) is 13.8 Å². The number of benzene rings is 1. The van der Waals surface area contributed by atoms with Gasteiger partial charge in [-0.25, -0.2) is 0 Å². The van der Waals surface area contributed by atoms with E-state index in [1.54, 1.807) is 6.07 Å². The lowest BCUT2D eigenvalue weighted by molar-refractivity contribution is -0.137. The van der Waals surface area contributed by atoms with Gasteiger partial charge in [0.25, 0.3) is 0 Å². The van der Waals surface area contributed by atoms with E-state index in [1.165, 1.54) is 12.1 Å². The molecule has 1 aromatic rings. The van der Waals surface area contributed by atoms with Crippen molar-refractivity contribution in [3.05, 3.63) is 34.9 Å². The van der Waals surface area contributed by atoms with Gasteiger partial charge in [0, 0.05) is 0 Å². The fourth-order valence-electron chi connectivity index (χ4n) is 2.18. The van der Waals surface area contributed by atoms with Crippen molar-refractivity contribution >= 4 is 0 Å². The van der Waals surface area contributed by atoms with Gasteiger partial charge in [0.05, 0.1) is 5.56 Å². The van der Waals surface area contributed by atoms with E-state index >= 15 is 0 Å². The number of rotatable bonds is 0. The van der Waals surface area contributed by atoms with E-state index in [9.17, 15) is 13.2 Å². The highest BCUT2D eigenvalue weighted by Crippen LogP contribution is 2.41. The van der Waals surface area contributed by atoms with E-state index in [-0.39, 0.29) is 5.41 Å². The Labute approximate surface area is 87.1 Å². The number of hydrogen-bond donors (Lipinski definition) is 0. The Bertz CT molecular complexity index is 388. The molecule has 0 fully saturated rings. The molecule has 0 bridgehead atoms. The van der Waals surface area contributed by atoms with Crippen LogP contribution in [-0.4, -0.2) is 0 Å². The molecular weight excluding hydrogens is 201 g/mol. The van der Waals surface area contributed by atoms with Crippen LogP contribution in [0.3, 0.4) is 0 Å². The summed E-state index contributed by atoms with van der Waals surface area (Å²) in [6.45, 7) is 4.00. The molecule has 0 saturated heterocycles. The minimum Gasteiger partial charge on any atom is -0.166 e. The molecule has 82 valence electrons. The summed E-state index contributed by atoms with van der Waals surface area (Å²) < 4.78 is 37.5. The minimum atomic E-state index is -4.23. The Kier molecular flexibility index (Phi) is 2.11. The van der Waals surface area contributed by atoms with Gasteiger partial charge in [-0.2, -0.15) is 13.2 Å². The first-order valence-electron chi connectivity index (χ1n) is 5.01. The van der Waals surface area contributed by atoms with E-state index in [4.69, 9.17) is 0 Å². The first-order chi connectivity index (χ1) is 6.81. The number of halogens is 3. The van der Waals surface area contributed by atoms with Crippen LogP contribution in [0.1, 0.15) is 37.0 Å². The maximum absolute atomic E-state index is 12.5. The fourth-order valence-corrected chi connectivity index (χ4v) is 2.18. The van der Waals surface area contributed by atoms with Crippen molar-refractivity contribution in [3.63, 3.8) is 0 Å². The van der Waals surface area contributed by atoms with Crippen LogP contribution < -0.4 is 0 Å². The van der Waals surface area contributed by atoms with Gasteiger partial charge in [0.15, 0.2) is 0 Å². The molecule has 3 heteroatoms. The first-order valence-corrected chi connectivity index (χ1v) is 5.01. The van der Waals surface area contributed by atoms with Crippen molar-refractivity contribution in [1.29, 1.82) is 0 Å². The molecule has 0 unspecified atom stereocenters. The van der Waals surface area contributed by atoms with Crippen LogP contribution in [0, 0.1) is 0 Å². The maximum atomic E-state index is 12.5. The number of aryl methyl sites for hydroxylation is 1. The van der Waals surface area contributed by atoms with Gasteiger partial charge in [-0.1, -0.05) is 19.9 Å². The van der Waals surface area contributed by atoms with E-state index < -0.39 is 11.7 Å². The van der Waals surface area contributed by atoms with Crippen LogP contribution >= 0.6 is 0 Å². The zero-order chi connectivity index (χ0) is 11.3. The Hall–Kier alpha value is -0.990. The van der Waals surface area contributed by atoms with Gasteiger partial charge in [-0.15, -0.1) is 0 Å². The third-order valence-electron chi connectivity index (χ3n) is 3.19. The zero-order valence-corrected chi connectivity index (χ0v) is 8.78. The summed E-state index contributed by atoms with van der Waals surface area (Å²) in [6, 6.07) is 4.11. The molecule has 0 nitrogen and oxygen atoms in total. The van der Waals surface area contributed by atoms with Gasteiger partial charge in [0.1, 0.15) is 0 Å². The summed E-state index contributed by atoms with van der Waals surface area (Å²) in [5.41, 5.74) is 1.28. The number of alkyl halides is 3. The molecule has 1 aromatic carbocycles. The standard InChI is InChI=1S/C12H13F3/c1-11(2)6-5-8-3-4-9(7-10(8)11)12(13,14)15/h3-4,7H,5-6H2,1-2H3. The molecule has 2 rings (SSSR count). The molecule has 1 aliphatic carbocycles. The van der Waals surface area contributed by atoms with Gasteiger partial charge in [-0.3, -0.25) is 0 Å². The molecule has 0 saturated carbocycles. The second-order valence-electron chi connectivity index (χ2n) is 4.75. The molecule has 0 heterocycles. The second-order valence-corrected chi connectivity index (χ2v) is 4.75. The highest BCUT2D eigenvalue weighted by atomic mass is 19.4. The molecule has 0 atom stereocenters. The van der Waals surface area contributed by atoms with E-state index in [0.717, 1.165) is 24.0 Å². The first kappa shape index (κ1) is 10.5. The van der Waals surface area contributed by atoms with Crippen LogP contribution in [0.5, 0.6) is 0 Å². The topological polar surface area (TPSA) is 0 Å². The maximum Gasteiger partial charge on any atom is 0.416 e. The molecule has 0 radical (unpaired) electrons. The number of hydrogen-bond acceptors (Lipinski definition) is 0. The third kappa shape index (κ3) is 1.75. The number of fused-ring (bicyclic) bond motifs is 1. The predicted octanol–water partition coefficient (Wildman–Crippen LogP) is 3.93. The van der Waals surface area contributed by atoms with Crippen LogP contribution in [-0.2, 0) is 18.0 Å². The van der Waals surface area contributed by atoms with Crippen molar-refractivity contribution < 1.29 is 13.2 Å². The molecule has 0 spiro atoms. The largest absolute Gasteiger partial charge is 0.416 e. The Morgan fingerprint density at radius 3 is 2.47 bits per heavy atom. The average Bonchev–Trinajstić information content (AvgIpc) is 2.41. The lowest BCUT2D eigenvalue weighted by Gasteiger charge is -2.20. The molecule has 15 heavy (non-hydrogen) atoms. The molecular formula is C12H13F3. The smallest absolute Gasteiger partial charge is 0.166 e. The molecule has 1 aliphatic rings. The van der Waals surface area contributed by atoms with Crippen molar-refractivity contribution in [1.82, 2.24) is 0 Å². The van der Waals surface area contributed by atoms with E-state index in [0.29, 0.717) is 0 Å². The van der Waals surface area contributed by atoms with Crippen molar-refractivity contribution in [2.45, 2.75) is 38.3 Å². The van der Waals surface area contributed by atoms with Gasteiger partial charge < -0.3 is 0 Å². The fraction of sp³-hybridized carbons (Fsp3) is 0.500. The van der Waals surface area contributed by atoms with Crippen molar-refractivity contribution in [3.8, 4) is 0 Å². The van der Waals surface area contributed by atoms with Gasteiger partial charge in [0.2, 0.25) is 0 Å². The van der Waals surface area contributed by atoms with E-state index in [2.05, 4.69) is 0 Å². The zero-order valence-electron chi connectivity index (χ0n) is 8.78. The van der Waals surface area contributed by atoms with Crippen LogP contribution in [0.25, 0.3) is 0 Å². The van der Waals surface area contributed by atoms with Crippen molar-refractivity contribution in [2.75, 3.05) is 0 Å². The molecule has 0 amide bonds.